The molecule has 0 bridgehead atoms. The van der Waals surface area contributed by atoms with Crippen molar-refractivity contribution in [2.45, 2.75) is 12.8 Å². The molecular formula is C15H18N2O2S. The predicted molar refractivity (Wildman–Crippen MR) is 84.8 cm³/mol. The molecule has 0 saturated carbocycles. The Balaban J connectivity index is 2.08. The predicted octanol–water partition coefficient (Wildman–Crippen LogP) is 3.49. The van der Waals surface area contributed by atoms with E-state index in [1.54, 1.807) is 12.1 Å². The van der Waals surface area contributed by atoms with Crippen LogP contribution >= 0.6 is 11.8 Å². The van der Waals surface area contributed by atoms with E-state index in [0.29, 0.717) is 16.5 Å². The molecule has 2 N–H and O–H groups in total. The van der Waals surface area contributed by atoms with Crippen LogP contribution in [0, 0.1) is 0 Å². The van der Waals surface area contributed by atoms with E-state index in [1.165, 1.54) is 12.2 Å². The van der Waals surface area contributed by atoms with Gasteiger partial charge in [-0.3, -0.25) is 0 Å². The van der Waals surface area contributed by atoms with Gasteiger partial charge in [-0.2, -0.15) is 11.8 Å². The van der Waals surface area contributed by atoms with Gasteiger partial charge in [-0.25, -0.2) is 9.78 Å². The zero-order chi connectivity index (χ0) is 14.4. The van der Waals surface area contributed by atoms with E-state index in [1.807, 2.05) is 30.0 Å². The molecule has 1 aromatic carbocycles. The molecule has 2 rings (SSSR count). The number of hydrogen-bond acceptors (Lipinski definition) is 4. The number of thioether (sulfide) groups is 1. The lowest BCUT2D eigenvalue weighted by Gasteiger charge is -2.07. The summed E-state index contributed by atoms with van der Waals surface area (Å²) < 4.78 is 0. The summed E-state index contributed by atoms with van der Waals surface area (Å²) in [5.41, 5.74) is 1.00. The summed E-state index contributed by atoms with van der Waals surface area (Å²) in [6, 6.07) is 8.81. The lowest BCUT2D eigenvalue weighted by Crippen LogP contribution is -2.04. The smallest absolute Gasteiger partial charge is 0.336 e. The molecule has 0 amide bonds. The van der Waals surface area contributed by atoms with Crippen LogP contribution in [0.5, 0.6) is 0 Å². The van der Waals surface area contributed by atoms with Gasteiger partial charge < -0.3 is 10.4 Å². The van der Waals surface area contributed by atoms with Gasteiger partial charge in [-0.05, 0) is 49.1 Å². The molecule has 0 saturated heterocycles. The molecule has 0 fully saturated rings. The van der Waals surface area contributed by atoms with E-state index in [9.17, 15) is 4.79 Å². The first-order chi connectivity index (χ1) is 9.72. The number of aromatic carboxylic acids is 1. The molecule has 2 aromatic rings. The van der Waals surface area contributed by atoms with E-state index in [-0.39, 0.29) is 0 Å². The van der Waals surface area contributed by atoms with Crippen molar-refractivity contribution < 1.29 is 9.90 Å². The number of carboxylic acid groups (broad SMARTS) is 1. The zero-order valence-corrected chi connectivity index (χ0v) is 12.2. The Hall–Kier alpha value is -1.75. The van der Waals surface area contributed by atoms with Crippen molar-refractivity contribution in [1.29, 1.82) is 0 Å². The Morgan fingerprint density at radius 3 is 2.90 bits per heavy atom. The monoisotopic (exact) mass is 290 g/mol. The van der Waals surface area contributed by atoms with Crippen LogP contribution in [0.15, 0.2) is 30.3 Å². The normalized spacial score (nSPS) is 10.7. The molecule has 5 heteroatoms. The van der Waals surface area contributed by atoms with Crippen LogP contribution in [-0.2, 0) is 0 Å². The maximum absolute atomic E-state index is 11.1. The fourth-order valence-electron chi connectivity index (χ4n) is 2.03. The standard InChI is InChI=1S/C15H18N2O2S/c1-20-10-3-2-9-16-14-8-7-11-12(15(18)19)5-4-6-13(11)17-14/h4-8H,2-3,9-10H2,1H3,(H,16,17)(H,18,19). The van der Waals surface area contributed by atoms with Crippen LogP contribution in [0.4, 0.5) is 5.82 Å². The van der Waals surface area contributed by atoms with Gasteiger partial charge in [0.25, 0.3) is 0 Å². The summed E-state index contributed by atoms with van der Waals surface area (Å²) in [6.07, 6.45) is 4.40. The van der Waals surface area contributed by atoms with Gasteiger partial charge in [0.05, 0.1) is 11.1 Å². The highest BCUT2D eigenvalue weighted by Gasteiger charge is 2.08. The van der Waals surface area contributed by atoms with Crippen LogP contribution < -0.4 is 5.32 Å². The summed E-state index contributed by atoms with van der Waals surface area (Å²) in [7, 11) is 0. The van der Waals surface area contributed by atoms with Crippen molar-refractivity contribution in [3.63, 3.8) is 0 Å². The number of carboxylic acids is 1. The van der Waals surface area contributed by atoms with Crippen molar-refractivity contribution in [3.05, 3.63) is 35.9 Å². The van der Waals surface area contributed by atoms with E-state index in [0.717, 1.165) is 18.8 Å². The molecule has 0 unspecified atom stereocenters. The van der Waals surface area contributed by atoms with E-state index >= 15 is 0 Å². The molecule has 1 heterocycles. The zero-order valence-electron chi connectivity index (χ0n) is 11.4. The van der Waals surface area contributed by atoms with Gasteiger partial charge in [0.15, 0.2) is 0 Å². The fourth-order valence-corrected chi connectivity index (χ4v) is 2.52. The average Bonchev–Trinajstić information content (AvgIpc) is 2.46. The topological polar surface area (TPSA) is 62.2 Å². The van der Waals surface area contributed by atoms with Gasteiger partial charge in [-0.1, -0.05) is 6.07 Å². The molecule has 20 heavy (non-hydrogen) atoms. The number of nitrogens with one attached hydrogen (secondary N) is 1. The van der Waals surface area contributed by atoms with Crippen molar-refractivity contribution in [2.24, 2.45) is 0 Å². The van der Waals surface area contributed by atoms with E-state index < -0.39 is 5.97 Å². The van der Waals surface area contributed by atoms with Crippen LogP contribution in [0.25, 0.3) is 10.9 Å². The molecule has 0 aliphatic carbocycles. The maximum atomic E-state index is 11.1. The van der Waals surface area contributed by atoms with E-state index in [2.05, 4.69) is 16.6 Å². The highest BCUT2D eigenvalue weighted by atomic mass is 32.2. The van der Waals surface area contributed by atoms with Gasteiger partial charge in [0.1, 0.15) is 5.82 Å². The Morgan fingerprint density at radius 2 is 2.15 bits per heavy atom. The molecule has 0 spiro atoms. The third-order valence-corrected chi connectivity index (χ3v) is 3.74. The summed E-state index contributed by atoms with van der Waals surface area (Å²) in [5.74, 6) is 1.05. The molecule has 1 aromatic heterocycles. The Kier molecular flexibility index (Phi) is 5.24. The van der Waals surface area contributed by atoms with Gasteiger partial charge in [-0.15, -0.1) is 0 Å². The quantitative estimate of drug-likeness (QED) is 0.764. The summed E-state index contributed by atoms with van der Waals surface area (Å²) in [5, 5.41) is 13.1. The number of aromatic nitrogens is 1. The summed E-state index contributed by atoms with van der Waals surface area (Å²) in [6.45, 7) is 0.887. The first kappa shape index (κ1) is 14.7. The van der Waals surface area contributed by atoms with E-state index in [4.69, 9.17) is 5.11 Å². The minimum absolute atomic E-state index is 0.293. The van der Waals surface area contributed by atoms with Crippen LogP contribution in [0.1, 0.15) is 23.2 Å². The number of nitrogens with zero attached hydrogens (tertiary/aromatic N) is 1. The maximum Gasteiger partial charge on any atom is 0.336 e. The third-order valence-electron chi connectivity index (χ3n) is 3.04. The lowest BCUT2D eigenvalue weighted by atomic mass is 10.1. The molecule has 0 aliphatic heterocycles. The van der Waals surface area contributed by atoms with Crippen LogP contribution in [0.3, 0.4) is 0 Å². The molecule has 0 aliphatic rings. The number of pyridine rings is 1. The summed E-state index contributed by atoms with van der Waals surface area (Å²) >= 11 is 1.86. The van der Waals surface area contributed by atoms with Crippen molar-refractivity contribution in [1.82, 2.24) is 4.98 Å². The van der Waals surface area contributed by atoms with Crippen LogP contribution in [0.2, 0.25) is 0 Å². The fraction of sp³-hybridized carbons (Fsp3) is 0.333. The van der Waals surface area contributed by atoms with Crippen LogP contribution in [-0.4, -0.2) is 34.6 Å². The molecule has 4 nitrogen and oxygen atoms in total. The Bertz CT molecular complexity index is 601. The highest BCUT2D eigenvalue weighted by molar-refractivity contribution is 7.98. The van der Waals surface area contributed by atoms with Crippen molar-refractivity contribution >= 4 is 34.5 Å². The van der Waals surface area contributed by atoms with Crippen molar-refractivity contribution in [2.75, 3.05) is 23.9 Å². The number of hydrogen-bond donors (Lipinski definition) is 2. The highest BCUT2D eigenvalue weighted by Crippen LogP contribution is 2.19. The first-order valence-corrected chi connectivity index (χ1v) is 7.97. The second-order valence-electron chi connectivity index (χ2n) is 4.50. The second-order valence-corrected chi connectivity index (χ2v) is 5.49. The lowest BCUT2D eigenvalue weighted by molar-refractivity contribution is 0.0699. The Morgan fingerprint density at radius 1 is 1.30 bits per heavy atom. The number of rotatable bonds is 7. The Labute approximate surface area is 122 Å². The number of benzene rings is 1. The number of unbranched alkanes of at least 4 members (excludes halogenated alkanes) is 1. The third kappa shape index (κ3) is 3.63. The number of fused-ring (bicyclic) bond motifs is 1. The average molecular weight is 290 g/mol. The minimum Gasteiger partial charge on any atom is -0.478 e. The molecule has 0 radical (unpaired) electrons. The van der Waals surface area contributed by atoms with Gasteiger partial charge >= 0.3 is 5.97 Å². The number of carbonyl (C=O) groups is 1. The molecule has 106 valence electrons. The largest absolute Gasteiger partial charge is 0.478 e. The second kappa shape index (κ2) is 7.14. The molecular weight excluding hydrogens is 272 g/mol. The van der Waals surface area contributed by atoms with Gasteiger partial charge in [0, 0.05) is 11.9 Å². The van der Waals surface area contributed by atoms with Crippen molar-refractivity contribution in [3.8, 4) is 0 Å². The first-order valence-electron chi connectivity index (χ1n) is 6.58. The summed E-state index contributed by atoms with van der Waals surface area (Å²) in [4.78, 5) is 15.6. The SMILES string of the molecule is CSCCCCNc1ccc2c(C(=O)O)cccc2n1. The molecule has 0 atom stereocenters. The number of anilines is 1. The minimum atomic E-state index is -0.921. The van der Waals surface area contributed by atoms with Gasteiger partial charge in [0.2, 0.25) is 0 Å².